The minimum atomic E-state index is 0.733. The van der Waals surface area contributed by atoms with Crippen molar-refractivity contribution in [2.24, 2.45) is 5.73 Å². The van der Waals surface area contributed by atoms with Crippen LogP contribution < -0.4 is 10.6 Å². The average Bonchev–Trinajstić information content (AvgIpc) is 2.40. The summed E-state index contributed by atoms with van der Waals surface area (Å²) >= 11 is 2.11. The molecule has 1 aliphatic rings. The van der Waals surface area contributed by atoms with Gasteiger partial charge in [-0.25, -0.2) is 0 Å². The minimum absolute atomic E-state index is 0.733. The zero-order valence-electron chi connectivity index (χ0n) is 10.6. The van der Waals surface area contributed by atoms with Crippen molar-refractivity contribution < 1.29 is 0 Å². The number of thioether (sulfide) groups is 1. The summed E-state index contributed by atoms with van der Waals surface area (Å²) in [6, 6.07) is 8.71. The lowest BCUT2D eigenvalue weighted by Crippen LogP contribution is -2.38. The fraction of sp³-hybridized carbons (Fsp3) is 0.571. The Morgan fingerprint density at radius 1 is 1.41 bits per heavy atom. The zero-order valence-corrected chi connectivity index (χ0v) is 11.4. The number of benzene rings is 1. The summed E-state index contributed by atoms with van der Waals surface area (Å²) in [6.45, 7) is 5.37. The van der Waals surface area contributed by atoms with Gasteiger partial charge in [-0.2, -0.15) is 11.8 Å². The summed E-state index contributed by atoms with van der Waals surface area (Å²) in [5.41, 5.74) is 8.49. The maximum Gasteiger partial charge on any atom is 0.0399 e. The molecule has 1 aromatic rings. The molecule has 0 aliphatic carbocycles. The van der Waals surface area contributed by atoms with Crippen molar-refractivity contribution in [2.75, 3.05) is 30.3 Å². The fourth-order valence-corrected chi connectivity index (χ4v) is 3.55. The van der Waals surface area contributed by atoms with Crippen LogP contribution in [0, 0.1) is 0 Å². The van der Waals surface area contributed by atoms with E-state index in [1.54, 1.807) is 0 Å². The molecule has 0 bridgehead atoms. The molecule has 2 N–H and O–H groups in total. The monoisotopic (exact) mass is 250 g/mol. The van der Waals surface area contributed by atoms with Gasteiger partial charge in [0.25, 0.3) is 0 Å². The Kier molecular flexibility index (Phi) is 4.75. The van der Waals surface area contributed by atoms with Crippen molar-refractivity contribution in [1.29, 1.82) is 0 Å². The molecule has 0 aromatic heterocycles. The Morgan fingerprint density at radius 3 is 3.00 bits per heavy atom. The fourth-order valence-electron chi connectivity index (χ4n) is 2.37. The van der Waals surface area contributed by atoms with E-state index in [-0.39, 0.29) is 0 Å². The largest absolute Gasteiger partial charge is 0.369 e. The van der Waals surface area contributed by atoms with Crippen LogP contribution in [0.3, 0.4) is 0 Å². The molecule has 0 amide bonds. The molecule has 1 aliphatic heterocycles. The second kappa shape index (κ2) is 6.31. The van der Waals surface area contributed by atoms with E-state index < -0.39 is 0 Å². The first-order valence-corrected chi connectivity index (χ1v) is 7.54. The molecular weight excluding hydrogens is 228 g/mol. The smallest absolute Gasteiger partial charge is 0.0399 e. The van der Waals surface area contributed by atoms with E-state index in [1.807, 2.05) is 0 Å². The molecule has 2 rings (SSSR count). The van der Waals surface area contributed by atoms with Crippen molar-refractivity contribution in [3.8, 4) is 0 Å². The van der Waals surface area contributed by atoms with Crippen LogP contribution in [0.2, 0.25) is 0 Å². The Morgan fingerprint density at radius 2 is 2.24 bits per heavy atom. The van der Waals surface area contributed by atoms with Crippen LogP contribution in [0.1, 0.15) is 18.9 Å². The first-order chi connectivity index (χ1) is 8.35. The Balaban J connectivity index is 2.15. The molecule has 1 fully saturated rings. The third kappa shape index (κ3) is 3.17. The van der Waals surface area contributed by atoms with Crippen LogP contribution in [0.15, 0.2) is 24.3 Å². The molecule has 2 nitrogen and oxygen atoms in total. The van der Waals surface area contributed by atoms with E-state index in [0.29, 0.717) is 0 Å². The number of nitrogens with two attached hydrogens (primary N) is 1. The number of nitrogens with zero attached hydrogens (tertiary/aromatic N) is 1. The molecule has 94 valence electrons. The van der Waals surface area contributed by atoms with Crippen LogP contribution in [0.25, 0.3) is 0 Å². The average molecular weight is 250 g/mol. The van der Waals surface area contributed by atoms with Gasteiger partial charge in [0.15, 0.2) is 0 Å². The number of para-hydroxylation sites is 1. The lowest BCUT2D eigenvalue weighted by Gasteiger charge is -2.35. The maximum absolute atomic E-state index is 5.69. The van der Waals surface area contributed by atoms with Crippen molar-refractivity contribution in [3.63, 3.8) is 0 Å². The highest BCUT2D eigenvalue weighted by Crippen LogP contribution is 2.28. The van der Waals surface area contributed by atoms with Gasteiger partial charge in [0.1, 0.15) is 0 Å². The van der Waals surface area contributed by atoms with Crippen molar-refractivity contribution in [2.45, 2.75) is 25.0 Å². The van der Waals surface area contributed by atoms with Gasteiger partial charge in [-0.3, -0.25) is 0 Å². The Labute approximate surface area is 109 Å². The summed E-state index contributed by atoms with van der Waals surface area (Å²) < 4.78 is 0. The highest BCUT2D eigenvalue weighted by atomic mass is 32.2. The maximum atomic E-state index is 5.69. The molecule has 1 heterocycles. The van der Waals surface area contributed by atoms with Crippen molar-refractivity contribution >= 4 is 17.4 Å². The van der Waals surface area contributed by atoms with E-state index in [4.69, 9.17) is 5.73 Å². The number of anilines is 1. The predicted octanol–water partition coefficient (Wildman–Crippen LogP) is 2.52. The standard InChI is InChI=1S/C14H22N2S/c1-2-13-11-16(9-10-17-13)14-6-4-3-5-12(14)7-8-15/h3-6,13H,2,7-11,15H2,1H3. The summed E-state index contributed by atoms with van der Waals surface area (Å²) in [4.78, 5) is 2.54. The van der Waals surface area contributed by atoms with Crippen LogP contribution in [-0.2, 0) is 6.42 Å². The van der Waals surface area contributed by atoms with Gasteiger partial charge in [-0.1, -0.05) is 25.1 Å². The van der Waals surface area contributed by atoms with Crippen molar-refractivity contribution in [3.05, 3.63) is 29.8 Å². The van der Waals surface area contributed by atoms with Gasteiger partial charge >= 0.3 is 0 Å². The highest BCUT2D eigenvalue weighted by molar-refractivity contribution is 8.00. The third-order valence-corrected chi connectivity index (χ3v) is 4.71. The second-order valence-electron chi connectivity index (χ2n) is 4.51. The molecule has 0 radical (unpaired) electrons. The normalized spacial score (nSPS) is 20.6. The molecule has 1 aromatic carbocycles. The summed E-state index contributed by atoms with van der Waals surface area (Å²) in [7, 11) is 0. The first kappa shape index (κ1) is 12.8. The van der Waals surface area contributed by atoms with Crippen LogP contribution in [0.5, 0.6) is 0 Å². The van der Waals surface area contributed by atoms with Gasteiger partial charge in [0.2, 0.25) is 0 Å². The second-order valence-corrected chi connectivity index (χ2v) is 5.92. The molecule has 0 spiro atoms. The van der Waals surface area contributed by atoms with Crippen LogP contribution in [-0.4, -0.2) is 30.6 Å². The lowest BCUT2D eigenvalue weighted by atomic mass is 10.1. The van der Waals surface area contributed by atoms with Crippen molar-refractivity contribution in [1.82, 2.24) is 0 Å². The predicted molar refractivity (Wildman–Crippen MR) is 78.0 cm³/mol. The number of rotatable bonds is 4. The molecule has 3 heteroatoms. The molecule has 17 heavy (non-hydrogen) atoms. The van der Waals surface area contributed by atoms with E-state index in [0.717, 1.165) is 18.2 Å². The van der Waals surface area contributed by atoms with Gasteiger partial charge in [0.05, 0.1) is 0 Å². The van der Waals surface area contributed by atoms with E-state index in [2.05, 4.69) is 47.9 Å². The number of hydrogen-bond donors (Lipinski definition) is 1. The summed E-state index contributed by atoms with van der Waals surface area (Å²) in [5.74, 6) is 1.25. The molecule has 0 saturated carbocycles. The Hall–Kier alpha value is -0.670. The zero-order chi connectivity index (χ0) is 12.1. The highest BCUT2D eigenvalue weighted by Gasteiger charge is 2.20. The Bertz CT molecular complexity index is 354. The van der Waals surface area contributed by atoms with E-state index >= 15 is 0 Å². The van der Waals surface area contributed by atoms with Gasteiger partial charge in [0, 0.05) is 29.8 Å². The lowest BCUT2D eigenvalue weighted by molar-refractivity contribution is 0.724. The molecular formula is C14H22N2S. The molecule has 1 atom stereocenters. The van der Waals surface area contributed by atoms with Gasteiger partial charge in [-0.05, 0) is 31.0 Å². The quantitative estimate of drug-likeness (QED) is 0.890. The summed E-state index contributed by atoms with van der Waals surface area (Å²) in [6.07, 6.45) is 2.25. The third-order valence-electron chi connectivity index (χ3n) is 3.34. The van der Waals surface area contributed by atoms with E-state index in [9.17, 15) is 0 Å². The first-order valence-electron chi connectivity index (χ1n) is 6.49. The molecule has 1 unspecified atom stereocenters. The SMILES string of the molecule is CCC1CN(c2ccccc2CCN)CCS1. The van der Waals surface area contributed by atoms with E-state index in [1.165, 1.54) is 36.5 Å². The van der Waals surface area contributed by atoms with Crippen LogP contribution in [0.4, 0.5) is 5.69 Å². The minimum Gasteiger partial charge on any atom is -0.369 e. The summed E-state index contributed by atoms with van der Waals surface area (Å²) in [5, 5.41) is 0.787. The van der Waals surface area contributed by atoms with Gasteiger partial charge < -0.3 is 10.6 Å². The molecule has 1 saturated heterocycles. The topological polar surface area (TPSA) is 29.3 Å². The van der Waals surface area contributed by atoms with Gasteiger partial charge in [-0.15, -0.1) is 0 Å². The van der Waals surface area contributed by atoms with Crippen LogP contribution >= 0.6 is 11.8 Å². The number of hydrogen-bond acceptors (Lipinski definition) is 3.